The Labute approximate surface area is 142 Å². The average Bonchev–Trinajstić information content (AvgIpc) is 2.67. The molecule has 1 aliphatic rings. The minimum Gasteiger partial charge on any atom is -0.336 e. The highest BCUT2D eigenvalue weighted by atomic mass is 35.5. The molecule has 0 saturated carbocycles. The quantitative estimate of drug-likeness (QED) is 0.873. The van der Waals surface area contributed by atoms with Crippen LogP contribution in [0.4, 0.5) is 11.4 Å². The van der Waals surface area contributed by atoms with E-state index in [1.54, 1.807) is 42.5 Å². The van der Waals surface area contributed by atoms with Crippen molar-refractivity contribution in [1.29, 1.82) is 0 Å². The van der Waals surface area contributed by atoms with E-state index in [9.17, 15) is 9.59 Å². The van der Waals surface area contributed by atoms with Gasteiger partial charge in [0.25, 0.3) is 11.8 Å². The maximum absolute atomic E-state index is 12.2. The topological polar surface area (TPSA) is 70.6 Å². The first-order valence-electron chi connectivity index (χ1n) is 6.74. The Bertz CT molecular complexity index is 803. The van der Waals surface area contributed by atoms with E-state index in [4.69, 9.17) is 23.2 Å². The first-order valence-corrected chi connectivity index (χ1v) is 7.49. The minimum atomic E-state index is -0.885. The number of carbonyl (C=O) groups is 2. The van der Waals surface area contributed by atoms with Crippen molar-refractivity contribution in [3.8, 4) is 0 Å². The number of nitrogens with one attached hydrogen (secondary N) is 2. The van der Waals surface area contributed by atoms with Crippen LogP contribution in [0.5, 0.6) is 0 Å². The van der Waals surface area contributed by atoms with E-state index in [2.05, 4.69) is 15.6 Å². The number of rotatable bonds is 2. The van der Waals surface area contributed by atoms with Gasteiger partial charge in [0.05, 0.1) is 11.4 Å². The Kier molecular flexibility index (Phi) is 4.32. The second kappa shape index (κ2) is 6.40. The lowest BCUT2D eigenvalue weighted by molar-refractivity contribution is -0.116. The molecule has 7 heteroatoms. The first kappa shape index (κ1) is 15.5. The molecular weight excluding hydrogens is 337 g/mol. The summed E-state index contributed by atoms with van der Waals surface area (Å²) >= 11 is 11.7. The zero-order valence-corrected chi connectivity index (χ0v) is 13.2. The number of carbonyl (C=O) groups excluding carboxylic acids is 2. The molecule has 1 aliphatic heterocycles. The highest BCUT2D eigenvalue weighted by Gasteiger charge is 2.23. The number of nitrogens with zero attached hydrogens (tertiary/aromatic N) is 1. The second-order valence-corrected chi connectivity index (χ2v) is 5.76. The minimum absolute atomic E-state index is 0.391. The molecule has 0 bridgehead atoms. The molecule has 3 rings (SSSR count). The van der Waals surface area contributed by atoms with Gasteiger partial charge in [0.1, 0.15) is 6.04 Å². The van der Waals surface area contributed by atoms with Gasteiger partial charge in [-0.1, -0.05) is 23.2 Å². The smallest absolute Gasteiger partial charge is 0.252 e. The largest absolute Gasteiger partial charge is 0.336 e. The van der Waals surface area contributed by atoms with Crippen LogP contribution in [-0.2, 0) is 4.79 Å². The molecule has 1 heterocycles. The van der Waals surface area contributed by atoms with Crippen LogP contribution in [0.2, 0.25) is 10.0 Å². The number of anilines is 1. The predicted molar refractivity (Wildman–Crippen MR) is 90.9 cm³/mol. The van der Waals surface area contributed by atoms with E-state index < -0.39 is 17.9 Å². The molecule has 0 radical (unpaired) electrons. The van der Waals surface area contributed by atoms with Gasteiger partial charge in [-0.05, 0) is 42.5 Å². The monoisotopic (exact) mass is 347 g/mol. The first-order chi connectivity index (χ1) is 11.0. The van der Waals surface area contributed by atoms with Gasteiger partial charge in [0.15, 0.2) is 0 Å². The van der Waals surface area contributed by atoms with Crippen LogP contribution in [0.1, 0.15) is 10.4 Å². The fourth-order valence-corrected chi connectivity index (χ4v) is 2.38. The lowest BCUT2D eigenvalue weighted by atomic mass is 10.2. The molecule has 2 aromatic carbocycles. The summed E-state index contributed by atoms with van der Waals surface area (Å²) in [6.07, 6.45) is 1.39. The summed E-state index contributed by atoms with van der Waals surface area (Å²) in [6, 6.07) is 10.5. The Morgan fingerprint density at radius 3 is 2.52 bits per heavy atom. The predicted octanol–water partition coefficient (Wildman–Crippen LogP) is 3.45. The Morgan fingerprint density at radius 2 is 1.78 bits per heavy atom. The average molecular weight is 348 g/mol. The van der Waals surface area contributed by atoms with E-state index in [1.807, 2.05) is 0 Å². The summed E-state index contributed by atoms with van der Waals surface area (Å²) in [5.41, 5.74) is 1.48. The van der Waals surface area contributed by atoms with Gasteiger partial charge in [-0.3, -0.25) is 14.6 Å². The van der Waals surface area contributed by atoms with Crippen molar-refractivity contribution < 1.29 is 9.59 Å². The van der Waals surface area contributed by atoms with Gasteiger partial charge in [0, 0.05) is 21.8 Å². The number of aliphatic imine (C=N–C) groups is 1. The van der Waals surface area contributed by atoms with Crippen LogP contribution in [0.15, 0.2) is 47.5 Å². The van der Waals surface area contributed by atoms with E-state index in [0.29, 0.717) is 27.0 Å². The lowest BCUT2D eigenvalue weighted by Gasteiger charge is -2.13. The maximum atomic E-state index is 12.2. The van der Waals surface area contributed by atoms with Crippen molar-refractivity contribution in [1.82, 2.24) is 5.32 Å². The van der Waals surface area contributed by atoms with E-state index >= 15 is 0 Å². The fourth-order valence-electron chi connectivity index (χ4n) is 2.08. The Morgan fingerprint density at radius 1 is 1.09 bits per heavy atom. The third-order valence-corrected chi connectivity index (χ3v) is 3.74. The van der Waals surface area contributed by atoms with Crippen molar-refractivity contribution in [2.24, 2.45) is 4.99 Å². The molecule has 1 atom stereocenters. The number of halogens is 2. The van der Waals surface area contributed by atoms with Crippen LogP contribution in [0.3, 0.4) is 0 Å². The summed E-state index contributed by atoms with van der Waals surface area (Å²) < 4.78 is 0. The highest BCUT2D eigenvalue weighted by Crippen LogP contribution is 2.29. The zero-order valence-electron chi connectivity index (χ0n) is 11.7. The molecule has 2 N–H and O–H groups in total. The van der Waals surface area contributed by atoms with Crippen molar-refractivity contribution in [2.75, 3.05) is 5.32 Å². The summed E-state index contributed by atoms with van der Waals surface area (Å²) in [5, 5.41) is 6.33. The van der Waals surface area contributed by atoms with Crippen molar-refractivity contribution in [2.45, 2.75) is 6.04 Å². The number of benzene rings is 2. The number of amides is 2. The van der Waals surface area contributed by atoms with Crippen LogP contribution < -0.4 is 10.6 Å². The third-order valence-electron chi connectivity index (χ3n) is 3.25. The fraction of sp³-hybridized carbons (Fsp3) is 0.0625. The van der Waals surface area contributed by atoms with Crippen molar-refractivity contribution >= 4 is 52.6 Å². The van der Waals surface area contributed by atoms with Crippen LogP contribution in [-0.4, -0.2) is 24.1 Å². The van der Waals surface area contributed by atoms with Crippen molar-refractivity contribution in [3.63, 3.8) is 0 Å². The molecule has 0 fully saturated rings. The molecule has 2 amide bonds. The zero-order chi connectivity index (χ0) is 16.4. The van der Waals surface area contributed by atoms with E-state index in [1.165, 1.54) is 6.21 Å². The van der Waals surface area contributed by atoms with Crippen LogP contribution >= 0.6 is 23.2 Å². The molecule has 116 valence electrons. The van der Waals surface area contributed by atoms with Crippen molar-refractivity contribution in [3.05, 3.63) is 58.1 Å². The molecule has 0 saturated heterocycles. The van der Waals surface area contributed by atoms with Crippen LogP contribution in [0, 0.1) is 0 Å². The van der Waals surface area contributed by atoms with Gasteiger partial charge in [0.2, 0.25) is 0 Å². The number of fused-ring (bicyclic) bond motifs is 1. The number of hydrogen-bond acceptors (Lipinski definition) is 3. The molecular formula is C16H11Cl2N3O2. The SMILES string of the molecule is O=C(N[C@@H]1C=Nc2ccc(Cl)cc2NC1=O)c1ccc(Cl)cc1. The van der Waals surface area contributed by atoms with E-state index in [-0.39, 0.29) is 0 Å². The standard InChI is InChI=1S/C16H11Cl2N3O2/c17-10-3-1-9(2-4-10)15(22)21-14-8-19-12-6-5-11(18)7-13(12)20-16(14)23/h1-8,14H,(H,20,23)(H,21,22)/t14-/m1/s1. The summed E-state index contributed by atoms with van der Waals surface area (Å²) in [5.74, 6) is -0.783. The maximum Gasteiger partial charge on any atom is 0.252 e. The van der Waals surface area contributed by atoms with E-state index in [0.717, 1.165) is 0 Å². The molecule has 0 aromatic heterocycles. The summed E-state index contributed by atoms with van der Waals surface area (Å²) in [6.45, 7) is 0. The Hall–Kier alpha value is -2.37. The summed E-state index contributed by atoms with van der Waals surface area (Å²) in [7, 11) is 0. The molecule has 2 aromatic rings. The molecule has 23 heavy (non-hydrogen) atoms. The normalized spacial score (nSPS) is 16.3. The van der Waals surface area contributed by atoms with Gasteiger partial charge < -0.3 is 10.6 Å². The Balaban J connectivity index is 1.78. The van der Waals surface area contributed by atoms with Gasteiger partial charge in [-0.15, -0.1) is 0 Å². The van der Waals surface area contributed by atoms with Gasteiger partial charge in [-0.25, -0.2) is 0 Å². The molecule has 5 nitrogen and oxygen atoms in total. The highest BCUT2D eigenvalue weighted by molar-refractivity contribution is 6.31. The third kappa shape index (κ3) is 3.52. The molecule has 0 unspecified atom stereocenters. The molecule has 0 spiro atoms. The van der Waals surface area contributed by atoms with Gasteiger partial charge >= 0.3 is 0 Å². The number of hydrogen-bond donors (Lipinski definition) is 2. The second-order valence-electron chi connectivity index (χ2n) is 4.89. The lowest BCUT2D eigenvalue weighted by Crippen LogP contribution is -2.44. The van der Waals surface area contributed by atoms with Gasteiger partial charge in [-0.2, -0.15) is 0 Å². The van der Waals surface area contributed by atoms with Crippen LogP contribution in [0.25, 0.3) is 0 Å². The summed E-state index contributed by atoms with van der Waals surface area (Å²) in [4.78, 5) is 28.6. The molecule has 0 aliphatic carbocycles.